The highest BCUT2D eigenvalue weighted by Crippen LogP contribution is 2.61. The molecule has 2 N–H and O–H groups in total. The van der Waals surface area contributed by atoms with Crippen molar-refractivity contribution in [3.05, 3.63) is 90.0 Å². The maximum absolute atomic E-state index is 15.0. The van der Waals surface area contributed by atoms with Crippen LogP contribution in [0.2, 0.25) is 5.02 Å². The van der Waals surface area contributed by atoms with Gasteiger partial charge >= 0.3 is 5.97 Å². The minimum Gasteiger partial charge on any atom is -0.455 e. The zero-order valence-corrected chi connectivity index (χ0v) is 30.9. The van der Waals surface area contributed by atoms with Crippen LogP contribution in [0.1, 0.15) is 50.3 Å². The number of fused-ring (bicyclic) bond motifs is 1. The van der Waals surface area contributed by atoms with E-state index < -0.39 is 66.1 Å². The smallest absolute Gasteiger partial charge is 0.313 e. The van der Waals surface area contributed by atoms with Gasteiger partial charge in [-0.1, -0.05) is 96.0 Å². The average molecular weight is 771 g/mol. The highest BCUT2D eigenvalue weighted by atomic mass is 79.9. The topological polar surface area (TPSA) is 125 Å². The van der Waals surface area contributed by atoms with Crippen molar-refractivity contribution in [2.75, 3.05) is 24.6 Å². The summed E-state index contributed by atoms with van der Waals surface area (Å²) in [4.78, 5) is 59.2. The van der Waals surface area contributed by atoms with Gasteiger partial charge in [-0.05, 0) is 42.9 Å². The number of hydrogen-bond donors (Lipinski definition) is 2. The van der Waals surface area contributed by atoms with Gasteiger partial charge in [0.15, 0.2) is 0 Å². The number of rotatable bonds is 15. The van der Waals surface area contributed by atoms with Gasteiger partial charge < -0.3 is 29.7 Å². The summed E-state index contributed by atoms with van der Waals surface area (Å²) in [7, 11) is 0. The number of alkyl halides is 1. The van der Waals surface area contributed by atoms with Crippen LogP contribution in [0, 0.1) is 24.7 Å². The van der Waals surface area contributed by atoms with Crippen LogP contribution >= 0.6 is 27.5 Å². The first-order chi connectivity index (χ1) is 23.9. The SMILES string of the molecule is C=CCCC(=O)NC[C@H](OC(=O)[C@@H]1[C@H]2O[C@@]3(CC2Br)[C@H](C(=O)N(CC=C)c2c(C)cccc2Cl)N([C@@H](CO)C(C)C)C(=O)[C@@H]13)c1ccccc1. The number of benzene rings is 2. The fourth-order valence-corrected chi connectivity index (χ4v) is 9.04. The Morgan fingerprint density at radius 2 is 1.90 bits per heavy atom. The molecule has 3 fully saturated rings. The number of likely N-dealkylation sites (tertiary alicyclic amines) is 1. The molecule has 3 saturated heterocycles. The number of nitrogens with zero attached hydrogens (tertiary/aromatic N) is 2. The summed E-state index contributed by atoms with van der Waals surface area (Å²) >= 11 is 10.4. The van der Waals surface area contributed by atoms with Crippen molar-refractivity contribution in [1.29, 1.82) is 0 Å². The number of nitrogens with one attached hydrogen (secondary N) is 1. The number of aliphatic hydroxyl groups is 1. The largest absolute Gasteiger partial charge is 0.455 e. The Labute approximate surface area is 306 Å². The molecule has 0 saturated carbocycles. The lowest BCUT2D eigenvalue weighted by Gasteiger charge is -2.40. The number of amides is 3. The molecule has 0 radical (unpaired) electrons. The van der Waals surface area contributed by atoms with Crippen LogP contribution < -0.4 is 10.2 Å². The number of aryl methyl sites for hydroxylation is 1. The number of hydrogen-bond acceptors (Lipinski definition) is 7. The summed E-state index contributed by atoms with van der Waals surface area (Å²) in [5.41, 5.74) is 0.493. The van der Waals surface area contributed by atoms with Crippen molar-refractivity contribution >= 4 is 56.9 Å². The summed E-state index contributed by atoms with van der Waals surface area (Å²) in [5.74, 6) is -4.15. The third-order valence-corrected chi connectivity index (χ3v) is 11.2. The van der Waals surface area contributed by atoms with Crippen LogP contribution in [0.3, 0.4) is 0 Å². The van der Waals surface area contributed by atoms with Crippen LogP contribution in [0.15, 0.2) is 73.8 Å². The summed E-state index contributed by atoms with van der Waals surface area (Å²) in [6.07, 6.45) is 2.64. The average Bonchev–Trinajstić information content (AvgIpc) is 3.68. The molecule has 5 rings (SSSR count). The highest BCUT2D eigenvalue weighted by Gasteiger charge is 2.77. The van der Waals surface area contributed by atoms with E-state index in [9.17, 15) is 19.5 Å². The Kier molecular flexibility index (Phi) is 11.9. The van der Waals surface area contributed by atoms with Gasteiger partial charge in [0, 0.05) is 17.8 Å². The number of halogens is 2. The third-order valence-electron chi connectivity index (χ3n) is 10.1. The summed E-state index contributed by atoms with van der Waals surface area (Å²) in [6.45, 7) is 12.8. The third kappa shape index (κ3) is 6.89. The molecule has 10 nitrogen and oxygen atoms in total. The van der Waals surface area contributed by atoms with E-state index in [1.165, 1.54) is 9.80 Å². The molecule has 3 aliphatic heterocycles. The standard InChI is InChI=1S/C38H45BrClN3O7/c1-6-8-17-29(45)41-20-28(24-14-10-9-11-15-24)49-37(48)30-31-35(46)43(27(21-44)22(3)4)34(38(31)19-25(39)33(30)50-38)36(47)42(18-7-2)32-23(5)13-12-16-26(32)40/h6-7,9-16,22,25,27-28,30-31,33-34,44H,1-2,8,17-21H2,3-5H3,(H,41,45)/t25?,27-,28-,30-,31+,33-,34-,38+/m0/s1. The van der Waals surface area contributed by atoms with E-state index in [4.69, 9.17) is 21.1 Å². The van der Waals surface area contributed by atoms with Crippen LogP contribution in [-0.4, -0.2) is 82.0 Å². The van der Waals surface area contributed by atoms with Crippen LogP contribution in [0.4, 0.5) is 5.69 Å². The first-order valence-corrected chi connectivity index (χ1v) is 18.3. The van der Waals surface area contributed by atoms with E-state index in [0.29, 0.717) is 22.7 Å². The molecule has 3 aliphatic rings. The van der Waals surface area contributed by atoms with Crippen molar-refractivity contribution in [3.63, 3.8) is 0 Å². The molecule has 2 aromatic rings. The molecule has 8 atom stereocenters. The van der Waals surface area contributed by atoms with Crippen molar-refractivity contribution in [1.82, 2.24) is 10.2 Å². The number of esters is 1. The van der Waals surface area contributed by atoms with Crippen molar-refractivity contribution < 1.29 is 33.8 Å². The number of anilines is 1. The zero-order chi connectivity index (χ0) is 36.3. The molecule has 1 spiro atoms. The monoisotopic (exact) mass is 769 g/mol. The van der Waals surface area contributed by atoms with E-state index in [1.54, 1.807) is 36.4 Å². The zero-order valence-electron chi connectivity index (χ0n) is 28.6. The minimum atomic E-state index is -1.41. The van der Waals surface area contributed by atoms with Crippen molar-refractivity contribution in [3.8, 4) is 0 Å². The fourth-order valence-electron chi connectivity index (χ4n) is 7.77. The summed E-state index contributed by atoms with van der Waals surface area (Å²) in [6, 6.07) is 12.5. The van der Waals surface area contributed by atoms with Crippen LogP contribution in [-0.2, 0) is 28.7 Å². The van der Waals surface area contributed by atoms with Gasteiger partial charge in [0.1, 0.15) is 17.7 Å². The molecule has 1 unspecified atom stereocenters. The number of ether oxygens (including phenoxy) is 2. The Morgan fingerprint density at radius 3 is 2.52 bits per heavy atom. The maximum Gasteiger partial charge on any atom is 0.313 e. The lowest BCUT2D eigenvalue weighted by Crippen LogP contribution is -2.60. The lowest BCUT2D eigenvalue weighted by molar-refractivity contribution is -0.161. The second-order valence-corrected chi connectivity index (χ2v) is 15.1. The second-order valence-electron chi connectivity index (χ2n) is 13.5. The molecule has 0 aromatic heterocycles. The van der Waals surface area contributed by atoms with E-state index in [1.807, 2.05) is 45.0 Å². The summed E-state index contributed by atoms with van der Waals surface area (Å²) < 4.78 is 12.9. The molecule has 12 heteroatoms. The number of carbonyl (C=O) groups excluding carboxylic acids is 4. The molecular weight excluding hydrogens is 726 g/mol. The van der Waals surface area contributed by atoms with E-state index in [2.05, 4.69) is 34.4 Å². The highest BCUT2D eigenvalue weighted by molar-refractivity contribution is 9.09. The first-order valence-electron chi connectivity index (χ1n) is 17.0. The van der Waals surface area contributed by atoms with Crippen LogP contribution in [0.25, 0.3) is 0 Å². The van der Waals surface area contributed by atoms with Gasteiger partial charge in [-0.25, -0.2) is 0 Å². The second kappa shape index (κ2) is 15.8. The molecule has 268 valence electrons. The molecule has 2 bridgehead atoms. The Hall–Kier alpha value is -3.51. The van der Waals surface area contributed by atoms with E-state index in [0.717, 1.165) is 5.56 Å². The van der Waals surface area contributed by atoms with Gasteiger partial charge in [-0.2, -0.15) is 0 Å². The summed E-state index contributed by atoms with van der Waals surface area (Å²) in [5, 5.41) is 13.8. The van der Waals surface area contributed by atoms with Gasteiger partial charge in [-0.15, -0.1) is 13.2 Å². The Morgan fingerprint density at radius 1 is 1.18 bits per heavy atom. The normalized spacial score (nSPS) is 26.3. The minimum absolute atomic E-state index is 0.0202. The van der Waals surface area contributed by atoms with Gasteiger partial charge in [0.25, 0.3) is 5.91 Å². The van der Waals surface area contributed by atoms with Gasteiger partial charge in [0.05, 0.1) is 47.8 Å². The Balaban J connectivity index is 1.55. The van der Waals surface area contributed by atoms with Gasteiger partial charge in [0.2, 0.25) is 11.8 Å². The molecule has 3 amide bonds. The molecule has 3 heterocycles. The number of para-hydroxylation sites is 1. The van der Waals surface area contributed by atoms with E-state index >= 15 is 4.79 Å². The number of aliphatic hydroxyl groups excluding tert-OH is 1. The Bertz CT molecular complexity index is 1600. The van der Waals surface area contributed by atoms with Gasteiger partial charge in [-0.3, -0.25) is 19.2 Å². The quantitative estimate of drug-likeness (QED) is 0.143. The number of allylic oxidation sites excluding steroid dienone is 1. The predicted octanol–water partition coefficient (Wildman–Crippen LogP) is 5.30. The van der Waals surface area contributed by atoms with Crippen molar-refractivity contribution in [2.24, 2.45) is 17.8 Å². The lowest BCUT2D eigenvalue weighted by atomic mass is 9.70. The fraction of sp³-hybridized carbons (Fsp3) is 0.474. The molecule has 2 aromatic carbocycles. The molecular formula is C38H45BrClN3O7. The van der Waals surface area contributed by atoms with Crippen molar-refractivity contribution in [2.45, 2.75) is 74.8 Å². The predicted molar refractivity (Wildman–Crippen MR) is 195 cm³/mol. The van der Waals surface area contributed by atoms with E-state index in [-0.39, 0.29) is 42.6 Å². The molecule has 50 heavy (non-hydrogen) atoms. The molecule has 0 aliphatic carbocycles. The van der Waals surface area contributed by atoms with Crippen LogP contribution in [0.5, 0.6) is 0 Å². The maximum atomic E-state index is 15.0. The first kappa shape index (κ1) is 37.7. The number of carbonyl (C=O) groups is 4.